The summed E-state index contributed by atoms with van der Waals surface area (Å²) in [5.41, 5.74) is 0.352. The van der Waals surface area contributed by atoms with Gasteiger partial charge in [0.2, 0.25) is 0 Å². The van der Waals surface area contributed by atoms with E-state index in [1.807, 2.05) is 31.2 Å². The molecule has 120 valence electrons. The second-order valence-corrected chi connectivity index (χ2v) is 5.23. The van der Waals surface area contributed by atoms with E-state index in [0.29, 0.717) is 5.75 Å². The fourth-order valence-electron chi connectivity index (χ4n) is 2.12. The molecule has 2 aromatic rings. The Kier molecular flexibility index (Phi) is 5.18. The van der Waals surface area contributed by atoms with E-state index in [0.717, 1.165) is 11.6 Å². The molecule has 7 heteroatoms. The Morgan fingerprint density at radius 1 is 1.35 bits per heavy atom. The summed E-state index contributed by atoms with van der Waals surface area (Å²) in [6, 6.07) is 9.47. The van der Waals surface area contributed by atoms with Gasteiger partial charge < -0.3 is 9.84 Å². The summed E-state index contributed by atoms with van der Waals surface area (Å²) in [5.74, 6) is -0.0352. The Bertz CT molecular complexity index is 762. The number of benzene rings is 2. The van der Waals surface area contributed by atoms with Crippen LogP contribution in [0.15, 0.2) is 41.4 Å². The van der Waals surface area contributed by atoms with E-state index in [2.05, 4.69) is 4.99 Å². The van der Waals surface area contributed by atoms with Gasteiger partial charge in [-0.1, -0.05) is 29.8 Å². The lowest BCUT2D eigenvalue weighted by atomic mass is 10.1. The van der Waals surface area contributed by atoms with Crippen molar-refractivity contribution in [1.82, 2.24) is 0 Å². The molecule has 0 saturated carbocycles. The predicted molar refractivity (Wildman–Crippen MR) is 86.6 cm³/mol. The first-order valence-electron chi connectivity index (χ1n) is 6.75. The number of nitro groups is 1. The van der Waals surface area contributed by atoms with Gasteiger partial charge in [0.1, 0.15) is 5.75 Å². The van der Waals surface area contributed by atoms with Crippen molar-refractivity contribution in [3.63, 3.8) is 0 Å². The number of aliphatic imine (C=N–C) groups is 1. The van der Waals surface area contributed by atoms with Crippen LogP contribution < -0.4 is 9.84 Å². The molecule has 0 aliphatic rings. The van der Waals surface area contributed by atoms with Crippen LogP contribution in [0.5, 0.6) is 11.5 Å². The lowest BCUT2D eigenvalue weighted by molar-refractivity contribution is -0.398. The number of hydrogen-bond donors (Lipinski definition) is 0. The summed E-state index contributed by atoms with van der Waals surface area (Å²) >= 11 is 5.82. The van der Waals surface area contributed by atoms with Crippen LogP contribution in [-0.2, 0) is 0 Å². The van der Waals surface area contributed by atoms with Gasteiger partial charge >= 0.3 is 0 Å². The Labute approximate surface area is 138 Å². The minimum atomic E-state index is -0.755. The molecule has 0 amide bonds. The molecule has 0 radical (unpaired) electrons. The number of nitro benzene ring substituents is 1. The molecule has 0 unspecified atom stereocenters. The number of ether oxygens (including phenoxy) is 1. The lowest BCUT2D eigenvalue weighted by Crippen LogP contribution is -2.03. The molecular formula is C16H14ClN2O4-. The molecule has 0 aromatic heterocycles. The fourth-order valence-corrected chi connectivity index (χ4v) is 2.34. The van der Waals surface area contributed by atoms with Crippen LogP contribution in [0.3, 0.4) is 0 Å². The molecule has 6 nitrogen and oxygen atoms in total. The molecular weight excluding hydrogens is 320 g/mol. The van der Waals surface area contributed by atoms with Crippen LogP contribution in [0, 0.1) is 10.1 Å². The third-order valence-corrected chi connectivity index (χ3v) is 3.50. The summed E-state index contributed by atoms with van der Waals surface area (Å²) in [5, 5.41) is 23.0. The minimum Gasteiger partial charge on any atom is -0.867 e. The van der Waals surface area contributed by atoms with Crippen molar-refractivity contribution in [3.05, 3.63) is 62.7 Å². The quantitative estimate of drug-likeness (QED) is 0.476. The Hall–Kier alpha value is -2.60. The van der Waals surface area contributed by atoms with Crippen LogP contribution >= 0.6 is 11.6 Å². The van der Waals surface area contributed by atoms with Crippen molar-refractivity contribution in [3.8, 4) is 11.5 Å². The number of methoxy groups -OCH3 is 1. The number of halogens is 1. The van der Waals surface area contributed by atoms with Crippen molar-refractivity contribution >= 4 is 23.5 Å². The molecule has 0 aliphatic carbocycles. The summed E-state index contributed by atoms with van der Waals surface area (Å²) in [7, 11) is 1.56. The van der Waals surface area contributed by atoms with Gasteiger partial charge in [-0.25, -0.2) is 0 Å². The van der Waals surface area contributed by atoms with Gasteiger partial charge in [-0.05, 0) is 30.4 Å². The molecule has 0 spiro atoms. The lowest BCUT2D eigenvalue weighted by Gasteiger charge is -2.13. The molecule has 23 heavy (non-hydrogen) atoms. The van der Waals surface area contributed by atoms with E-state index in [4.69, 9.17) is 16.3 Å². The molecule has 0 aliphatic heterocycles. The zero-order chi connectivity index (χ0) is 17.0. The van der Waals surface area contributed by atoms with Crippen LogP contribution in [0.1, 0.15) is 24.1 Å². The van der Waals surface area contributed by atoms with Crippen molar-refractivity contribution in [2.75, 3.05) is 7.11 Å². The maximum Gasteiger partial charge on any atom is 0.263 e. The summed E-state index contributed by atoms with van der Waals surface area (Å²) < 4.78 is 5.27. The van der Waals surface area contributed by atoms with Crippen molar-refractivity contribution in [1.29, 1.82) is 0 Å². The molecule has 0 bridgehead atoms. The van der Waals surface area contributed by atoms with Crippen LogP contribution in [0.2, 0.25) is 5.02 Å². The minimum absolute atomic E-state index is 0.0750. The third kappa shape index (κ3) is 3.78. The Morgan fingerprint density at radius 2 is 2.04 bits per heavy atom. The maximum atomic E-state index is 12.0. The first-order valence-corrected chi connectivity index (χ1v) is 7.13. The highest BCUT2D eigenvalue weighted by Gasteiger charge is 2.12. The summed E-state index contributed by atoms with van der Waals surface area (Å²) in [6.07, 6.45) is 1.30. The van der Waals surface area contributed by atoms with Crippen LogP contribution in [0.25, 0.3) is 0 Å². The van der Waals surface area contributed by atoms with E-state index in [-0.39, 0.29) is 16.6 Å². The van der Waals surface area contributed by atoms with Gasteiger partial charge in [0, 0.05) is 22.9 Å². The van der Waals surface area contributed by atoms with E-state index >= 15 is 0 Å². The highest BCUT2D eigenvalue weighted by atomic mass is 35.5. The number of nitrogens with zero attached hydrogens (tertiary/aromatic N) is 2. The molecule has 1 atom stereocenters. The van der Waals surface area contributed by atoms with E-state index in [9.17, 15) is 15.2 Å². The maximum absolute atomic E-state index is 12.0. The second kappa shape index (κ2) is 7.11. The monoisotopic (exact) mass is 333 g/mol. The fraction of sp³-hybridized carbons (Fsp3) is 0.188. The molecule has 0 N–H and O–H groups in total. The summed E-state index contributed by atoms with van der Waals surface area (Å²) in [6.45, 7) is 1.83. The summed E-state index contributed by atoms with van der Waals surface area (Å²) in [4.78, 5) is 14.4. The average Bonchev–Trinajstić information content (AvgIpc) is 2.54. The molecule has 0 saturated heterocycles. The Balaban J connectivity index is 2.35. The van der Waals surface area contributed by atoms with Gasteiger partial charge in [0.05, 0.1) is 18.1 Å². The molecule has 0 fully saturated rings. The smallest absolute Gasteiger partial charge is 0.263 e. The van der Waals surface area contributed by atoms with Crippen molar-refractivity contribution in [2.24, 2.45) is 4.99 Å². The van der Waals surface area contributed by atoms with Gasteiger partial charge in [-0.2, -0.15) is 0 Å². The average molecular weight is 334 g/mol. The SMILES string of the molecule is COc1ccccc1[C@H](C)N=Cc1cc(Cl)cc([N+](=O)[O-])c1[O-]. The van der Waals surface area contributed by atoms with Crippen LogP contribution in [-0.4, -0.2) is 18.2 Å². The largest absolute Gasteiger partial charge is 0.867 e. The number of hydrogen-bond acceptors (Lipinski definition) is 5. The number of para-hydroxylation sites is 1. The van der Waals surface area contributed by atoms with Crippen molar-refractivity contribution < 1.29 is 14.8 Å². The van der Waals surface area contributed by atoms with Gasteiger partial charge in [0.15, 0.2) is 0 Å². The van der Waals surface area contributed by atoms with Gasteiger partial charge in [-0.15, -0.1) is 0 Å². The highest BCUT2D eigenvalue weighted by molar-refractivity contribution is 6.31. The standard InChI is InChI=1S/C16H15ClN2O4/c1-10(13-5-3-4-6-15(13)23-2)18-9-11-7-12(17)8-14(16(11)20)19(21)22/h3-10,20H,1-2H3/p-1/t10-/m0/s1. The highest BCUT2D eigenvalue weighted by Crippen LogP contribution is 2.31. The number of rotatable bonds is 5. The van der Waals surface area contributed by atoms with E-state index in [1.54, 1.807) is 7.11 Å². The van der Waals surface area contributed by atoms with Gasteiger partial charge in [0.25, 0.3) is 5.69 Å². The van der Waals surface area contributed by atoms with E-state index in [1.165, 1.54) is 12.3 Å². The third-order valence-electron chi connectivity index (χ3n) is 3.29. The topological polar surface area (TPSA) is 87.8 Å². The van der Waals surface area contributed by atoms with Crippen molar-refractivity contribution in [2.45, 2.75) is 13.0 Å². The zero-order valence-electron chi connectivity index (χ0n) is 12.5. The Morgan fingerprint density at radius 3 is 2.70 bits per heavy atom. The van der Waals surface area contributed by atoms with Gasteiger partial charge in [-0.3, -0.25) is 15.1 Å². The first kappa shape index (κ1) is 16.8. The second-order valence-electron chi connectivity index (χ2n) is 4.80. The normalized spacial score (nSPS) is 12.3. The first-order chi connectivity index (χ1) is 10.9. The predicted octanol–water partition coefficient (Wildman–Crippen LogP) is 3.51. The molecule has 0 heterocycles. The molecule has 2 rings (SSSR count). The van der Waals surface area contributed by atoms with E-state index < -0.39 is 16.4 Å². The molecule has 2 aromatic carbocycles. The zero-order valence-corrected chi connectivity index (χ0v) is 13.3. The van der Waals surface area contributed by atoms with Crippen LogP contribution in [0.4, 0.5) is 5.69 Å².